The summed E-state index contributed by atoms with van der Waals surface area (Å²) in [5.41, 5.74) is 2.46. The largest absolute Gasteiger partial charge is 0.497 e. The van der Waals surface area contributed by atoms with Crippen molar-refractivity contribution in [1.29, 1.82) is 0 Å². The number of nitrogens with one attached hydrogen (secondary N) is 1. The van der Waals surface area contributed by atoms with Gasteiger partial charge in [0.25, 0.3) is 5.91 Å². The Morgan fingerprint density at radius 2 is 1.96 bits per heavy atom. The van der Waals surface area contributed by atoms with Crippen molar-refractivity contribution in [2.75, 3.05) is 14.2 Å². The fraction of sp³-hybridized carbons (Fsp3) is 0.158. The first kappa shape index (κ1) is 18.4. The molecule has 0 saturated carbocycles. The Balaban J connectivity index is 1.90. The molecule has 7 heteroatoms. The van der Waals surface area contributed by atoms with Gasteiger partial charge in [-0.15, -0.1) is 0 Å². The number of ether oxygens (including phenoxy) is 2. The maximum Gasteiger partial charge on any atom is 0.264 e. The summed E-state index contributed by atoms with van der Waals surface area (Å²) in [6.07, 6.45) is 1.76. The zero-order valence-electron chi connectivity index (χ0n) is 14.5. The number of hydrogen-bond donors (Lipinski definition) is 1. The van der Waals surface area contributed by atoms with Gasteiger partial charge in [0, 0.05) is 10.6 Å². The Hall–Kier alpha value is -2.44. The van der Waals surface area contributed by atoms with Gasteiger partial charge in [0.1, 0.15) is 11.5 Å². The molecule has 0 aliphatic carbocycles. The smallest absolute Gasteiger partial charge is 0.264 e. The van der Waals surface area contributed by atoms with Crippen LogP contribution in [0, 0.1) is 6.92 Å². The molecule has 1 heterocycles. The number of halogens is 1. The molecule has 1 N–H and O–H groups in total. The van der Waals surface area contributed by atoms with Crippen molar-refractivity contribution < 1.29 is 14.3 Å². The number of carbonyl (C=O) groups is 1. The van der Waals surface area contributed by atoms with Crippen molar-refractivity contribution in [1.82, 2.24) is 5.32 Å². The average molecular weight is 389 g/mol. The fourth-order valence-electron chi connectivity index (χ4n) is 2.43. The van der Waals surface area contributed by atoms with Crippen LogP contribution in [0.3, 0.4) is 0 Å². The van der Waals surface area contributed by atoms with E-state index in [9.17, 15) is 4.79 Å². The number of benzene rings is 2. The summed E-state index contributed by atoms with van der Waals surface area (Å²) < 4.78 is 10.6. The first-order valence-corrected chi connectivity index (χ1v) is 8.97. The highest BCUT2D eigenvalue weighted by Gasteiger charge is 2.24. The third-order valence-electron chi connectivity index (χ3n) is 3.76. The fourth-order valence-corrected chi connectivity index (χ4v) is 3.48. The van der Waals surface area contributed by atoms with Crippen LogP contribution >= 0.6 is 23.4 Å². The van der Waals surface area contributed by atoms with E-state index >= 15 is 0 Å². The number of amides is 1. The molecule has 134 valence electrons. The lowest BCUT2D eigenvalue weighted by molar-refractivity contribution is -0.115. The number of carbonyl (C=O) groups excluding carboxylic acids is 1. The quantitative estimate of drug-likeness (QED) is 0.780. The Kier molecular flexibility index (Phi) is 5.54. The predicted octanol–water partition coefficient (Wildman–Crippen LogP) is 4.56. The molecule has 1 aliphatic heterocycles. The van der Waals surface area contributed by atoms with E-state index in [1.54, 1.807) is 38.5 Å². The van der Waals surface area contributed by atoms with E-state index in [1.165, 1.54) is 11.8 Å². The van der Waals surface area contributed by atoms with Gasteiger partial charge in [-0.25, -0.2) is 4.99 Å². The maximum absolute atomic E-state index is 12.3. The Morgan fingerprint density at radius 1 is 1.15 bits per heavy atom. The van der Waals surface area contributed by atoms with Crippen molar-refractivity contribution >= 4 is 46.2 Å². The predicted molar refractivity (Wildman–Crippen MR) is 107 cm³/mol. The van der Waals surface area contributed by atoms with E-state index in [1.807, 2.05) is 25.1 Å². The second kappa shape index (κ2) is 7.85. The highest BCUT2D eigenvalue weighted by molar-refractivity contribution is 8.18. The van der Waals surface area contributed by atoms with Crippen LogP contribution in [-0.2, 0) is 4.79 Å². The van der Waals surface area contributed by atoms with Crippen LogP contribution in [0.15, 0.2) is 46.3 Å². The summed E-state index contributed by atoms with van der Waals surface area (Å²) in [6, 6.07) is 10.9. The molecule has 0 bridgehead atoms. The topological polar surface area (TPSA) is 59.9 Å². The molecule has 0 spiro atoms. The van der Waals surface area contributed by atoms with Gasteiger partial charge < -0.3 is 14.8 Å². The van der Waals surface area contributed by atoms with Crippen LogP contribution in [-0.4, -0.2) is 25.3 Å². The molecule has 0 unspecified atom stereocenters. The minimum atomic E-state index is -0.203. The van der Waals surface area contributed by atoms with Gasteiger partial charge in [0.05, 0.1) is 24.8 Å². The van der Waals surface area contributed by atoms with E-state index in [0.29, 0.717) is 26.6 Å². The van der Waals surface area contributed by atoms with Crippen LogP contribution < -0.4 is 14.8 Å². The molecule has 0 atom stereocenters. The number of hydrogen-bond acceptors (Lipinski definition) is 5. The standard InChI is InChI=1S/C19H17ClN2O3S/c1-11-8-13(20)4-6-15(11)21-19-22-18(23)17(26-19)10-12-9-14(24-2)5-7-16(12)25-3/h4-10H,1-3H3,(H,21,22,23)/b17-10-. The molecule has 2 aromatic rings. The third-order valence-corrected chi connectivity index (χ3v) is 4.90. The molecule has 2 aromatic carbocycles. The molecule has 1 fully saturated rings. The number of rotatable bonds is 4. The monoisotopic (exact) mass is 388 g/mol. The number of aryl methyl sites for hydroxylation is 1. The minimum Gasteiger partial charge on any atom is -0.497 e. The highest BCUT2D eigenvalue weighted by atomic mass is 35.5. The van der Waals surface area contributed by atoms with E-state index in [4.69, 9.17) is 21.1 Å². The molecular formula is C19H17ClN2O3S. The van der Waals surface area contributed by atoms with Crippen molar-refractivity contribution in [2.24, 2.45) is 4.99 Å². The van der Waals surface area contributed by atoms with Gasteiger partial charge in [-0.05, 0) is 66.7 Å². The van der Waals surface area contributed by atoms with Crippen LogP contribution in [0.5, 0.6) is 11.5 Å². The zero-order chi connectivity index (χ0) is 18.7. The van der Waals surface area contributed by atoms with Crippen molar-refractivity contribution in [3.05, 3.63) is 57.5 Å². The lowest BCUT2D eigenvalue weighted by atomic mass is 10.1. The number of amidine groups is 1. The van der Waals surface area contributed by atoms with Crippen molar-refractivity contribution in [3.8, 4) is 11.5 Å². The molecule has 0 aromatic heterocycles. The van der Waals surface area contributed by atoms with Gasteiger partial charge >= 0.3 is 0 Å². The lowest BCUT2D eigenvalue weighted by Crippen LogP contribution is -2.19. The van der Waals surface area contributed by atoms with E-state index in [-0.39, 0.29) is 5.91 Å². The van der Waals surface area contributed by atoms with Crippen molar-refractivity contribution in [2.45, 2.75) is 6.92 Å². The van der Waals surface area contributed by atoms with E-state index in [2.05, 4.69) is 10.3 Å². The zero-order valence-corrected chi connectivity index (χ0v) is 16.1. The maximum atomic E-state index is 12.3. The van der Waals surface area contributed by atoms with Crippen LogP contribution in [0.4, 0.5) is 5.69 Å². The molecule has 1 saturated heterocycles. The van der Waals surface area contributed by atoms with Crippen LogP contribution in [0.2, 0.25) is 5.02 Å². The van der Waals surface area contributed by atoms with Gasteiger partial charge in [-0.1, -0.05) is 11.6 Å². The van der Waals surface area contributed by atoms with Gasteiger partial charge in [-0.2, -0.15) is 0 Å². The molecule has 3 rings (SSSR count). The van der Waals surface area contributed by atoms with Gasteiger partial charge in [0.2, 0.25) is 0 Å². The molecule has 0 radical (unpaired) electrons. The second-order valence-electron chi connectivity index (χ2n) is 5.52. The first-order chi connectivity index (χ1) is 12.5. The minimum absolute atomic E-state index is 0.203. The second-order valence-corrected chi connectivity index (χ2v) is 6.99. The molecule has 1 amide bonds. The molecular weight excluding hydrogens is 372 g/mol. The summed E-state index contributed by atoms with van der Waals surface area (Å²) in [7, 11) is 3.18. The number of aliphatic imine (C=N–C) groups is 1. The molecule has 5 nitrogen and oxygen atoms in total. The molecule has 1 aliphatic rings. The Bertz CT molecular complexity index is 925. The lowest BCUT2D eigenvalue weighted by Gasteiger charge is -2.07. The highest BCUT2D eigenvalue weighted by Crippen LogP contribution is 2.33. The normalized spacial score (nSPS) is 16.8. The van der Waals surface area contributed by atoms with E-state index < -0.39 is 0 Å². The Morgan fingerprint density at radius 3 is 2.65 bits per heavy atom. The summed E-state index contributed by atoms with van der Waals surface area (Å²) in [5, 5.41) is 3.96. The first-order valence-electron chi connectivity index (χ1n) is 7.78. The van der Waals surface area contributed by atoms with Gasteiger partial charge in [0.15, 0.2) is 5.17 Å². The van der Waals surface area contributed by atoms with E-state index in [0.717, 1.165) is 16.8 Å². The van der Waals surface area contributed by atoms with Crippen LogP contribution in [0.25, 0.3) is 6.08 Å². The number of thioether (sulfide) groups is 1. The summed E-state index contributed by atoms with van der Waals surface area (Å²) >= 11 is 7.24. The SMILES string of the molecule is COc1ccc(OC)c(/C=C2\SC(=Nc3ccc(Cl)cc3C)NC2=O)c1. The summed E-state index contributed by atoms with van der Waals surface area (Å²) in [4.78, 5) is 17.3. The third kappa shape index (κ3) is 4.03. The molecule has 26 heavy (non-hydrogen) atoms. The average Bonchev–Trinajstić information content (AvgIpc) is 2.96. The number of methoxy groups -OCH3 is 2. The number of nitrogens with zero attached hydrogens (tertiary/aromatic N) is 1. The van der Waals surface area contributed by atoms with Crippen molar-refractivity contribution in [3.63, 3.8) is 0 Å². The summed E-state index contributed by atoms with van der Waals surface area (Å²) in [6.45, 7) is 1.92. The Labute approximate surface area is 161 Å². The summed E-state index contributed by atoms with van der Waals surface area (Å²) in [5.74, 6) is 1.14. The van der Waals surface area contributed by atoms with Crippen LogP contribution in [0.1, 0.15) is 11.1 Å². The van der Waals surface area contributed by atoms with Gasteiger partial charge in [-0.3, -0.25) is 4.79 Å².